The Morgan fingerprint density at radius 2 is 1.95 bits per heavy atom. The Balaban J connectivity index is 2.11. The molecule has 106 valence electrons. The van der Waals surface area contributed by atoms with Crippen LogP contribution in [0.1, 0.15) is 19.4 Å². The summed E-state index contributed by atoms with van der Waals surface area (Å²) in [5.74, 6) is 1.64. The van der Waals surface area contributed by atoms with Crippen LogP contribution in [0.4, 0.5) is 0 Å². The second-order valence-electron chi connectivity index (χ2n) is 4.80. The molecule has 1 aromatic heterocycles. The molecule has 0 unspecified atom stereocenters. The van der Waals surface area contributed by atoms with Crippen LogP contribution in [0.5, 0.6) is 11.5 Å². The Morgan fingerprint density at radius 1 is 1.20 bits per heavy atom. The average Bonchev–Trinajstić information content (AvgIpc) is 2.47. The van der Waals surface area contributed by atoms with Crippen molar-refractivity contribution in [3.63, 3.8) is 0 Å². The first kappa shape index (κ1) is 14.9. The summed E-state index contributed by atoms with van der Waals surface area (Å²) in [6.07, 6.45) is 5.62. The molecule has 0 fully saturated rings. The number of thioether (sulfide) groups is 1. The first-order chi connectivity index (χ1) is 9.69. The van der Waals surface area contributed by atoms with Crippen LogP contribution < -0.4 is 10.1 Å². The molecule has 1 aromatic carbocycles. The lowest BCUT2D eigenvalue weighted by molar-refractivity contribution is 0.466. The van der Waals surface area contributed by atoms with Crippen LogP contribution in [-0.4, -0.2) is 17.3 Å². The molecule has 0 spiro atoms. The van der Waals surface area contributed by atoms with Gasteiger partial charge in [0.05, 0.1) is 6.20 Å². The van der Waals surface area contributed by atoms with Crippen molar-refractivity contribution in [3.8, 4) is 11.5 Å². The fourth-order valence-electron chi connectivity index (χ4n) is 1.73. The predicted molar refractivity (Wildman–Crippen MR) is 84.5 cm³/mol. The van der Waals surface area contributed by atoms with Gasteiger partial charge in [0, 0.05) is 29.2 Å². The lowest BCUT2D eigenvalue weighted by Gasteiger charge is -2.13. The summed E-state index contributed by atoms with van der Waals surface area (Å²) in [4.78, 5) is 5.37. The van der Waals surface area contributed by atoms with Crippen molar-refractivity contribution in [3.05, 3.63) is 48.3 Å². The summed E-state index contributed by atoms with van der Waals surface area (Å²) in [6.45, 7) is 5.03. The van der Waals surface area contributed by atoms with E-state index in [4.69, 9.17) is 4.74 Å². The zero-order chi connectivity index (χ0) is 14.4. The van der Waals surface area contributed by atoms with Crippen LogP contribution in [0.2, 0.25) is 0 Å². The number of hydrogen-bond donors (Lipinski definition) is 1. The fraction of sp³-hybridized carbons (Fsp3) is 0.312. The van der Waals surface area contributed by atoms with Crippen molar-refractivity contribution < 1.29 is 4.74 Å². The molecule has 0 saturated carbocycles. The van der Waals surface area contributed by atoms with Crippen molar-refractivity contribution in [1.82, 2.24) is 10.3 Å². The van der Waals surface area contributed by atoms with Crippen molar-refractivity contribution in [2.45, 2.75) is 31.3 Å². The van der Waals surface area contributed by atoms with E-state index in [1.54, 1.807) is 24.2 Å². The number of ether oxygens (including phenoxy) is 1. The van der Waals surface area contributed by atoms with E-state index in [9.17, 15) is 0 Å². The van der Waals surface area contributed by atoms with Crippen molar-refractivity contribution in [1.29, 1.82) is 0 Å². The third-order valence-electron chi connectivity index (χ3n) is 2.86. The van der Waals surface area contributed by atoms with Gasteiger partial charge in [-0.1, -0.05) is 13.8 Å². The fourth-order valence-corrected chi connectivity index (χ4v) is 2.14. The number of aromatic nitrogens is 1. The Kier molecular flexibility index (Phi) is 5.44. The summed E-state index contributed by atoms with van der Waals surface area (Å²) in [7, 11) is 0. The van der Waals surface area contributed by atoms with Gasteiger partial charge < -0.3 is 10.1 Å². The Labute approximate surface area is 124 Å². The van der Waals surface area contributed by atoms with E-state index >= 15 is 0 Å². The van der Waals surface area contributed by atoms with Gasteiger partial charge in [0.15, 0.2) is 0 Å². The minimum absolute atomic E-state index is 0.442. The van der Waals surface area contributed by atoms with Gasteiger partial charge >= 0.3 is 0 Å². The van der Waals surface area contributed by atoms with Crippen molar-refractivity contribution >= 4 is 11.8 Å². The van der Waals surface area contributed by atoms with Crippen LogP contribution >= 0.6 is 11.8 Å². The van der Waals surface area contributed by atoms with Crippen molar-refractivity contribution in [2.75, 3.05) is 6.26 Å². The second kappa shape index (κ2) is 7.31. The van der Waals surface area contributed by atoms with Gasteiger partial charge in [0.2, 0.25) is 0 Å². The molecule has 0 atom stereocenters. The smallest absolute Gasteiger partial charge is 0.150 e. The van der Waals surface area contributed by atoms with Crippen LogP contribution in [0.25, 0.3) is 0 Å². The zero-order valence-electron chi connectivity index (χ0n) is 12.1. The number of nitrogens with zero attached hydrogens (tertiary/aromatic N) is 1. The molecular formula is C16H20N2OS. The maximum absolute atomic E-state index is 5.93. The van der Waals surface area contributed by atoms with Gasteiger partial charge in [0.25, 0.3) is 0 Å². The molecule has 0 bridgehead atoms. The van der Waals surface area contributed by atoms with E-state index in [1.807, 2.05) is 18.2 Å². The number of pyridine rings is 1. The average molecular weight is 288 g/mol. The van der Waals surface area contributed by atoms with E-state index < -0.39 is 0 Å². The molecule has 3 nitrogen and oxygen atoms in total. The Hall–Kier alpha value is -1.52. The summed E-state index contributed by atoms with van der Waals surface area (Å²) in [5.41, 5.74) is 1.11. The molecule has 0 amide bonds. The molecule has 1 heterocycles. The van der Waals surface area contributed by atoms with E-state index in [2.05, 4.69) is 42.5 Å². The summed E-state index contributed by atoms with van der Waals surface area (Å²) in [6, 6.07) is 10.5. The Morgan fingerprint density at radius 3 is 2.60 bits per heavy atom. The summed E-state index contributed by atoms with van der Waals surface area (Å²) < 4.78 is 5.93. The van der Waals surface area contributed by atoms with Crippen LogP contribution in [0, 0.1) is 0 Å². The molecule has 1 N–H and O–H groups in total. The molecular weight excluding hydrogens is 268 g/mol. The summed E-state index contributed by atoms with van der Waals surface area (Å²) >= 11 is 1.72. The molecule has 0 radical (unpaired) electrons. The van der Waals surface area contributed by atoms with Gasteiger partial charge in [-0.2, -0.15) is 0 Å². The third-order valence-corrected chi connectivity index (χ3v) is 3.60. The van der Waals surface area contributed by atoms with Gasteiger partial charge in [-0.25, -0.2) is 0 Å². The lowest BCUT2D eigenvalue weighted by atomic mass is 10.2. The molecule has 0 aliphatic carbocycles. The van der Waals surface area contributed by atoms with E-state index in [-0.39, 0.29) is 0 Å². The molecule has 20 heavy (non-hydrogen) atoms. The largest absolute Gasteiger partial charge is 0.455 e. The number of benzene rings is 1. The van der Waals surface area contributed by atoms with Crippen LogP contribution in [0.3, 0.4) is 0 Å². The molecule has 2 aromatic rings. The van der Waals surface area contributed by atoms with E-state index in [0.29, 0.717) is 6.04 Å². The monoisotopic (exact) mass is 288 g/mol. The highest BCUT2D eigenvalue weighted by atomic mass is 32.2. The maximum Gasteiger partial charge on any atom is 0.150 e. The highest BCUT2D eigenvalue weighted by Crippen LogP contribution is 2.26. The molecule has 2 rings (SSSR count). The number of nitrogens with one attached hydrogen (secondary N) is 1. The summed E-state index contributed by atoms with van der Waals surface area (Å²) in [5, 5.41) is 3.40. The molecule has 0 saturated heterocycles. The second-order valence-corrected chi connectivity index (χ2v) is 5.68. The lowest BCUT2D eigenvalue weighted by Crippen LogP contribution is -2.22. The highest BCUT2D eigenvalue weighted by Gasteiger charge is 2.05. The van der Waals surface area contributed by atoms with Gasteiger partial charge in [-0.05, 0) is 36.6 Å². The standard InChI is InChI=1S/C16H20N2OS/c1-12(2)18-10-13-8-9-17-11-16(13)19-14-4-6-15(20-3)7-5-14/h4-9,11-12,18H,10H2,1-3H3. The molecule has 0 aliphatic heterocycles. The van der Waals surface area contributed by atoms with Crippen LogP contribution in [0.15, 0.2) is 47.6 Å². The van der Waals surface area contributed by atoms with E-state index in [1.165, 1.54) is 4.90 Å². The van der Waals surface area contributed by atoms with E-state index in [0.717, 1.165) is 23.6 Å². The molecule has 4 heteroatoms. The van der Waals surface area contributed by atoms with Gasteiger partial charge in [0.1, 0.15) is 11.5 Å². The Bertz CT molecular complexity index is 540. The van der Waals surface area contributed by atoms with Gasteiger partial charge in [-0.3, -0.25) is 4.98 Å². The number of rotatable bonds is 6. The SMILES string of the molecule is CSc1ccc(Oc2cnccc2CNC(C)C)cc1. The first-order valence-electron chi connectivity index (χ1n) is 6.67. The topological polar surface area (TPSA) is 34.1 Å². The first-order valence-corrected chi connectivity index (χ1v) is 7.89. The van der Waals surface area contributed by atoms with Gasteiger partial charge in [-0.15, -0.1) is 11.8 Å². The third kappa shape index (κ3) is 4.25. The highest BCUT2D eigenvalue weighted by molar-refractivity contribution is 7.98. The minimum atomic E-state index is 0.442. The van der Waals surface area contributed by atoms with Crippen molar-refractivity contribution in [2.24, 2.45) is 0 Å². The predicted octanol–water partition coefficient (Wildman–Crippen LogP) is 4.09. The number of hydrogen-bond acceptors (Lipinski definition) is 4. The quantitative estimate of drug-likeness (QED) is 0.812. The zero-order valence-corrected chi connectivity index (χ0v) is 12.9. The molecule has 0 aliphatic rings. The normalized spacial score (nSPS) is 10.8. The van der Waals surface area contributed by atoms with Crippen LogP contribution in [-0.2, 0) is 6.54 Å². The maximum atomic E-state index is 5.93. The minimum Gasteiger partial charge on any atom is -0.455 e.